The average molecular weight is 339 g/mol. The van der Waals surface area contributed by atoms with E-state index in [0.717, 1.165) is 24.2 Å². The Labute approximate surface area is 149 Å². The molecule has 1 saturated heterocycles. The van der Waals surface area contributed by atoms with Gasteiger partial charge in [-0.05, 0) is 56.5 Å². The molecule has 1 atom stereocenters. The van der Waals surface area contributed by atoms with Gasteiger partial charge in [0.05, 0.1) is 11.6 Å². The van der Waals surface area contributed by atoms with Crippen molar-refractivity contribution >= 4 is 5.91 Å². The molecule has 1 fully saturated rings. The lowest BCUT2D eigenvalue weighted by Crippen LogP contribution is -2.48. The van der Waals surface area contributed by atoms with Crippen molar-refractivity contribution in [3.05, 3.63) is 65.7 Å². The van der Waals surface area contributed by atoms with Gasteiger partial charge in [0.2, 0.25) is 0 Å². The Morgan fingerprint density at radius 3 is 2.48 bits per heavy atom. The van der Waals surface area contributed by atoms with Crippen LogP contribution >= 0.6 is 0 Å². The number of hydrogen-bond donors (Lipinski definition) is 1. The number of para-hydroxylation sites is 1. The summed E-state index contributed by atoms with van der Waals surface area (Å²) in [5, 5.41) is 10.3. The van der Waals surface area contributed by atoms with Crippen molar-refractivity contribution in [2.24, 2.45) is 0 Å². The third-order valence-corrected chi connectivity index (χ3v) is 4.68. The second-order valence-electron chi connectivity index (χ2n) is 7.11. The normalized spacial score (nSPS) is 17.6. The molecule has 132 valence electrons. The van der Waals surface area contributed by atoms with Crippen LogP contribution in [-0.2, 0) is 6.61 Å². The summed E-state index contributed by atoms with van der Waals surface area (Å²) in [6, 6.07) is 17.1. The van der Waals surface area contributed by atoms with Crippen molar-refractivity contribution in [2.45, 2.75) is 44.9 Å². The minimum Gasteiger partial charge on any atom is -0.489 e. The summed E-state index contributed by atoms with van der Waals surface area (Å²) in [5.41, 5.74) is 0.788. The van der Waals surface area contributed by atoms with Gasteiger partial charge in [-0.1, -0.05) is 30.3 Å². The van der Waals surface area contributed by atoms with Crippen LogP contribution in [0.5, 0.6) is 5.75 Å². The maximum Gasteiger partial charge on any atom is 0.254 e. The molecule has 0 aromatic heterocycles. The Hall–Kier alpha value is -2.33. The van der Waals surface area contributed by atoms with Gasteiger partial charge in [-0.2, -0.15) is 0 Å². The SMILES string of the molecule is CC(C)(O)C1CCCN1C(=O)c1ccc(COc2ccccc2)cc1. The fourth-order valence-electron chi connectivity index (χ4n) is 3.34. The van der Waals surface area contributed by atoms with Crippen molar-refractivity contribution in [1.82, 2.24) is 4.90 Å². The predicted molar refractivity (Wildman–Crippen MR) is 97.6 cm³/mol. The molecular weight excluding hydrogens is 314 g/mol. The van der Waals surface area contributed by atoms with Crippen LogP contribution in [0.3, 0.4) is 0 Å². The van der Waals surface area contributed by atoms with E-state index >= 15 is 0 Å². The van der Waals surface area contributed by atoms with E-state index in [4.69, 9.17) is 4.74 Å². The van der Waals surface area contributed by atoms with Crippen molar-refractivity contribution in [2.75, 3.05) is 6.54 Å². The van der Waals surface area contributed by atoms with Crippen molar-refractivity contribution < 1.29 is 14.6 Å². The van der Waals surface area contributed by atoms with Gasteiger partial charge in [-0.3, -0.25) is 4.79 Å². The smallest absolute Gasteiger partial charge is 0.254 e. The largest absolute Gasteiger partial charge is 0.489 e. The number of carbonyl (C=O) groups is 1. The Morgan fingerprint density at radius 2 is 1.84 bits per heavy atom. The van der Waals surface area contributed by atoms with E-state index in [1.165, 1.54) is 0 Å². The number of hydrogen-bond acceptors (Lipinski definition) is 3. The van der Waals surface area contributed by atoms with Crippen LogP contribution in [0.1, 0.15) is 42.6 Å². The molecule has 25 heavy (non-hydrogen) atoms. The van der Waals surface area contributed by atoms with Gasteiger partial charge in [0.15, 0.2) is 0 Å². The highest BCUT2D eigenvalue weighted by atomic mass is 16.5. The van der Waals surface area contributed by atoms with Crippen LogP contribution in [0.4, 0.5) is 0 Å². The van der Waals surface area contributed by atoms with Gasteiger partial charge in [-0.25, -0.2) is 0 Å². The zero-order valence-electron chi connectivity index (χ0n) is 14.8. The summed E-state index contributed by atoms with van der Waals surface area (Å²) in [6.07, 6.45) is 1.78. The van der Waals surface area contributed by atoms with E-state index < -0.39 is 5.60 Å². The molecule has 0 bridgehead atoms. The Kier molecular flexibility index (Phi) is 5.09. The van der Waals surface area contributed by atoms with E-state index in [9.17, 15) is 9.90 Å². The average Bonchev–Trinajstić information content (AvgIpc) is 3.11. The number of ether oxygens (including phenoxy) is 1. The van der Waals surface area contributed by atoms with E-state index in [2.05, 4.69) is 0 Å². The summed E-state index contributed by atoms with van der Waals surface area (Å²) in [6.45, 7) is 4.71. The molecule has 1 aliphatic rings. The standard InChI is InChI=1S/C21H25NO3/c1-21(2,24)19-9-6-14-22(19)20(23)17-12-10-16(11-13-17)15-25-18-7-4-3-5-8-18/h3-5,7-8,10-13,19,24H,6,9,14-15H2,1-2H3. The Balaban J connectivity index is 1.64. The molecule has 1 unspecified atom stereocenters. The zero-order chi connectivity index (χ0) is 17.9. The van der Waals surface area contributed by atoms with E-state index in [1.54, 1.807) is 18.7 Å². The van der Waals surface area contributed by atoms with Gasteiger partial charge in [0, 0.05) is 12.1 Å². The van der Waals surface area contributed by atoms with Gasteiger partial charge < -0.3 is 14.7 Å². The van der Waals surface area contributed by atoms with Crippen LogP contribution in [0.2, 0.25) is 0 Å². The number of rotatable bonds is 5. The molecule has 4 heteroatoms. The third kappa shape index (κ3) is 4.20. The molecule has 0 saturated carbocycles. The van der Waals surface area contributed by atoms with Crippen molar-refractivity contribution in [3.63, 3.8) is 0 Å². The quantitative estimate of drug-likeness (QED) is 0.905. The summed E-state index contributed by atoms with van der Waals surface area (Å²) in [4.78, 5) is 14.6. The first-order valence-corrected chi connectivity index (χ1v) is 8.75. The maximum atomic E-state index is 12.8. The van der Waals surface area contributed by atoms with Gasteiger partial charge >= 0.3 is 0 Å². The van der Waals surface area contributed by atoms with Crippen molar-refractivity contribution in [1.29, 1.82) is 0 Å². The van der Waals surface area contributed by atoms with Crippen molar-refractivity contribution in [3.8, 4) is 5.75 Å². The first kappa shape index (κ1) is 17.5. The molecule has 0 aliphatic carbocycles. The van der Waals surface area contributed by atoms with E-state index in [0.29, 0.717) is 18.7 Å². The molecule has 1 aliphatic heterocycles. The number of benzene rings is 2. The first-order chi connectivity index (χ1) is 11.9. The molecule has 3 rings (SSSR count). The highest BCUT2D eigenvalue weighted by Gasteiger charge is 2.38. The monoisotopic (exact) mass is 339 g/mol. The van der Waals surface area contributed by atoms with Crippen LogP contribution in [-0.4, -0.2) is 34.1 Å². The number of aliphatic hydroxyl groups is 1. The lowest BCUT2D eigenvalue weighted by Gasteiger charge is -2.33. The maximum absolute atomic E-state index is 12.8. The summed E-state index contributed by atoms with van der Waals surface area (Å²) < 4.78 is 5.73. The van der Waals surface area contributed by atoms with Gasteiger partial charge in [-0.15, -0.1) is 0 Å². The van der Waals surface area contributed by atoms with Crippen LogP contribution in [0.25, 0.3) is 0 Å². The van der Waals surface area contributed by atoms with E-state index in [-0.39, 0.29) is 11.9 Å². The summed E-state index contributed by atoms with van der Waals surface area (Å²) in [5.74, 6) is 0.813. The van der Waals surface area contributed by atoms with Crippen LogP contribution in [0.15, 0.2) is 54.6 Å². The lowest BCUT2D eigenvalue weighted by molar-refractivity contribution is 0.000335. The van der Waals surface area contributed by atoms with Gasteiger partial charge in [0.1, 0.15) is 12.4 Å². The molecule has 1 N–H and O–H groups in total. The third-order valence-electron chi connectivity index (χ3n) is 4.68. The molecule has 1 amide bonds. The summed E-state index contributed by atoms with van der Waals surface area (Å²) in [7, 11) is 0. The van der Waals surface area contributed by atoms with E-state index in [1.807, 2.05) is 54.6 Å². The predicted octanol–water partition coefficient (Wildman–Crippen LogP) is 3.64. The minimum absolute atomic E-state index is 0.0137. The number of nitrogens with zero attached hydrogens (tertiary/aromatic N) is 1. The fourth-order valence-corrected chi connectivity index (χ4v) is 3.34. The van der Waals surface area contributed by atoms with Gasteiger partial charge in [0.25, 0.3) is 5.91 Å². The molecule has 0 spiro atoms. The second kappa shape index (κ2) is 7.28. The molecular formula is C21H25NO3. The number of amides is 1. The van der Waals surface area contributed by atoms with Crippen LogP contribution < -0.4 is 4.74 Å². The second-order valence-corrected chi connectivity index (χ2v) is 7.11. The molecule has 2 aromatic rings. The van der Waals surface area contributed by atoms with Crippen LogP contribution in [0, 0.1) is 0 Å². The summed E-state index contributed by atoms with van der Waals surface area (Å²) >= 11 is 0. The number of carbonyl (C=O) groups excluding carboxylic acids is 1. The topological polar surface area (TPSA) is 49.8 Å². The molecule has 0 radical (unpaired) electrons. The zero-order valence-corrected chi connectivity index (χ0v) is 14.8. The highest BCUT2D eigenvalue weighted by Crippen LogP contribution is 2.28. The number of likely N-dealkylation sites (tertiary alicyclic amines) is 1. The Bertz CT molecular complexity index is 704. The molecule has 1 heterocycles. The highest BCUT2D eigenvalue weighted by molar-refractivity contribution is 5.94. The Morgan fingerprint density at radius 1 is 1.16 bits per heavy atom. The lowest BCUT2D eigenvalue weighted by atomic mass is 9.96. The fraction of sp³-hybridized carbons (Fsp3) is 0.381. The first-order valence-electron chi connectivity index (χ1n) is 8.75. The molecule has 2 aromatic carbocycles. The molecule has 4 nitrogen and oxygen atoms in total. The minimum atomic E-state index is -0.879.